The van der Waals surface area contributed by atoms with Crippen LogP contribution in [0.4, 0.5) is 5.69 Å². The average molecular weight is 415 g/mol. The number of aromatic amines is 1. The van der Waals surface area contributed by atoms with E-state index in [1.165, 1.54) is 17.7 Å². The van der Waals surface area contributed by atoms with Gasteiger partial charge in [0.2, 0.25) is 0 Å². The molecular weight excluding hydrogens is 394 g/mol. The number of hydrogen-bond acceptors (Lipinski definition) is 4. The number of hydrogen-bond donors (Lipinski definition) is 2. The van der Waals surface area contributed by atoms with Crippen LogP contribution < -0.4 is 5.32 Å². The molecular formula is C23H21N5O3. The van der Waals surface area contributed by atoms with E-state index in [1.807, 2.05) is 29.1 Å². The summed E-state index contributed by atoms with van der Waals surface area (Å²) in [5.74, 6) is -0.250. The highest BCUT2D eigenvalue weighted by Gasteiger charge is 2.27. The summed E-state index contributed by atoms with van der Waals surface area (Å²) in [5.41, 5.74) is 4.43. The van der Waals surface area contributed by atoms with Crippen LogP contribution >= 0.6 is 0 Å². The number of rotatable bonds is 5. The van der Waals surface area contributed by atoms with Gasteiger partial charge >= 0.3 is 0 Å². The summed E-state index contributed by atoms with van der Waals surface area (Å²) < 4.78 is 2.01. The Morgan fingerprint density at radius 2 is 2.10 bits per heavy atom. The Morgan fingerprint density at radius 1 is 1.26 bits per heavy atom. The molecule has 1 aliphatic rings. The normalized spacial score (nSPS) is 15.5. The maximum Gasteiger partial charge on any atom is 0.270 e. The van der Waals surface area contributed by atoms with Gasteiger partial charge in [-0.2, -0.15) is 5.10 Å². The lowest BCUT2D eigenvalue weighted by atomic mass is 9.92. The lowest BCUT2D eigenvalue weighted by Crippen LogP contribution is -2.31. The Bertz CT molecular complexity index is 1280. The predicted octanol–water partition coefficient (Wildman–Crippen LogP) is 4.13. The fourth-order valence-corrected chi connectivity index (χ4v) is 4.31. The molecule has 1 unspecified atom stereocenters. The second kappa shape index (κ2) is 7.71. The molecule has 1 aliphatic carbocycles. The fourth-order valence-electron chi connectivity index (χ4n) is 4.31. The van der Waals surface area contributed by atoms with Gasteiger partial charge in [-0.05, 0) is 30.9 Å². The number of benzene rings is 2. The summed E-state index contributed by atoms with van der Waals surface area (Å²) in [5, 5.41) is 19.4. The molecule has 5 rings (SSSR count). The summed E-state index contributed by atoms with van der Waals surface area (Å²) in [6.45, 7) is 0.697. The lowest BCUT2D eigenvalue weighted by Gasteiger charge is -2.24. The predicted molar refractivity (Wildman–Crippen MR) is 116 cm³/mol. The molecule has 1 amide bonds. The van der Waals surface area contributed by atoms with E-state index in [4.69, 9.17) is 0 Å². The minimum Gasteiger partial charge on any atom is -0.360 e. The third-order valence-corrected chi connectivity index (χ3v) is 5.86. The summed E-state index contributed by atoms with van der Waals surface area (Å²) in [6, 6.07) is 14.5. The van der Waals surface area contributed by atoms with Crippen LogP contribution in [0.25, 0.3) is 10.9 Å². The first-order chi connectivity index (χ1) is 15.1. The van der Waals surface area contributed by atoms with Crippen LogP contribution in [0, 0.1) is 10.1 Å². The molecule has 0 spiro atoms. The number of aromatic nitrogens is 3. The van der Waals surface area contributed by atoms with Crippen molar-refractivity contribution in [1.82, 2.24) is 20.1 Å². The zero-order valence-corrected chi connectivity index (χ0v) is 16.7. The van der Waals surface area contributed by atoms with E-state index in [9.17, 15) is 14.9 Å². The van der Waals surface area contributed by atoms with E-state index in [1.54, 1.807) is 12.3 Å². The van der Waals surface area contributed by atoms with Crippen molar-refractivity contribution in [3.05, 3.63) is 93.4 Å². The van der Waals surface area contributed by atoms with Gasteiger partial charge in [-0.1, -0.05) is 30.3 Å². The van der Waals surface area contributed by atoms with Gasteiger partial charge in [0.1, 0.15) is 0 Å². The van der Waals surface area contributed by atoms with E-state index in [0.717, 1.165) is 30.5 Å². The van der Waals surface area contributed by atoms with Gasteiger partial charge in [-0.15, -0.1) is 0 Å². The second-order valence-electron chi connectivity index (χ2n) is 7.80. The SMILES string of the molecule is O=C(NC1CCCc2c1cnn2Cc1ccccc1)c1c[nH]c2ccc([N+](=O)[O-])cc12. The minimum absolute atomic E-state index is 0.0386. The molecule has 0 radical (unpaired) electrons. The number of non-ortho nitro benzene ring substituents is 1. The second-order valence-corrected chi connectivity index (χ2v) is 7.80. The topological polar surface area (TPSA) is 106 Å². The van der Waals surface area contributed by atoms with Crippen molar-refractivity contribution in [3.63, 3.8) is 0 Å². The van der Waals surface area contributed by atoms with Gasteiger partial charge < -0.3 is 10.3 Å². The van der Waals surface area contributed by atoms with Crippen molar-refractivity contribution in [2.24, 2.45) is 0 Å². The van der Waals surface area contributed by atoms with Crippen LogP contribution in [-0.2, 0) is 13.0 Å². The van der Waals surface area contributed by atoms with Gasteiger partial charge in [0.25, 0.3) is 11.6 Å². The van der Waals surface area contributed by atoms with Crippen molar-refractivity contribution >= 4 is 22.5 Å². The highest BCUT2D eigenvalue weighted by molar-refractivity contribution is 6.07. The molecule has 2 aromatic carbocycles. The maximum atomic E-state index is 13.0. The van der Waals surface area contributed by atoms with Crippen molar-refractivity contribution in [1.29, 1.82) is 0 Å². The average Bonchev–Trinajstić information content (AvgIpc) is 3.39. The Balaban J connectivity index is 1.39. The quantitative estimate of drug-likeness (QED) is 0.378. The number of amides is 1. The molecule has 156 valence electrons. The number of nitro groups is 1. The van der Waals surface area contributed by atoms with Crippen LogP contribution in [-0.4, -0.2) is 25.6 Å². The summed E-state index contributed by atoms with van der Waals surface area (Å²) in [4.78, 5) is 26.7. The third-order valence-electron chi connectivity index (χ3n) is 5.86. The molecule has 2 N–H and O–H groups in total. The summed E-state index contributed by atoms with van der Waals surface area (Å²) in [6.07, 6.45) is 6.17. The summed E-state index contributed by atoms with van der Waals surface area (Å²) >= 11 is 0. The number of carbonyl (C=O) groups excluding carboxylic acids is 1. The highest BCUT2D eigenvalue weighted by Crippen LogP contribution is 2.31. The minimum atomic E-state index is -0.456. The van der Waals surface area contributed by atoms with E-state index >= 15 is 0 Å². The molecule has 4 aromatic rings. The molecule has 8 nitrogen and oxygen atoms in total. The van der Waals surface area contributed by atoms with Gasteiger partial charge in [-0.3, -0.25) is 19.6 Å². The van der Waals surface area contributed by atoms with Crippen LogP contribution in [0.15, 0.2) is 60.9 Å². The van der Waals surface area contributed by atoms with Gasteiger partial charge in [-0.25, -0.2) is 0 Å². The molecule has 2 heterocycles. The van der Waals surface area contributed by atoms with Crippen LogP contribution in [0.1, 0.15) is 46.1 Å². The first-order valence-electron chi connectivity index (χ1n) is 10.2. The van der Waals surface area contributed by atoms with E-state index in [-0.39, 0.29) is 17.6 Å². The zero-order valence-electron chi connectivity index (χ0n) is 16.7. The first-order valence-corrected chi connectivity index (χ1v) is 10.2. The highest BCUT2D eigenvalue weighted by atomic mass is 16.6. The first kappa shape index (κ1) is 19.0. The Morgan fingerprint density at radius 3 is 2.90 bits per heavy atom. The smallest absolute Gasteiger partial charge is 0.270 e. The van der Waals surface area contributed by atoms with Crippen molar-refractivity contribution in [2.45, 2.75) is 31.8 Å². The Hall–Kier alpha value is -3.94. The molecule has 8 heteroatoms. The summed E-state index contributed by atoms with van der Waals surface area (Å²) in [7, 11) is 0. The van der Waals surface area contributed by atoms with Crippen LogP contribution in [0.5, 0.6) is 0 Å². The van der Waals surface area contributed by atoms with Gasteiger partial charge in [0, 0.05) is 40.5 Å². The van der Waals surface area contributed by atoms with Crippen molar-refractivity contribution in [3.8, 4) is 0 Å². The number of fused-ring (bicyclic) bond motifs is 2. The number of nitrogens with one attached hydrogen (secondary N) is 2. The van der Waals surface area contributed by atoms with Gasteiger partial charge in [0.15, 0.2) is 0 Å². The van der Waals surface area contributed by atoms with Crippen molar-refractivity contribution in [2.75, 3.05) is 0 Å². The van der Waals surface area contributed by atoms with Gasteiger partial charge in [0.05, 0.1) is 29.3 Å². The molecule has 0 fully saturated rings. The molecule has 2 aromatic heterocycles. The number of carbonyl (C=O) groups is 1. The zero-order chi connectivity index (χ0) is 21.4. The molecule has 0 aliphatic heterocycles. The fraction of sp³-hybridized carbons (Fsp3) is 0.217. The van der Waals surface area contributed by atoms with E-state index in [2.05, 4.69) is 27.5 Å². The van der Waals surface area contributed by atoms with E-state index < -0.39 is 4.92 Å². The Kier molecular flexibility index (Phi) is 4.74. The number of nitrogens with zero attached hydrogens (tertiary/aromatic N) is 3. The monoisotopic (exact) mass is 415 g/mol. The van der Waals surface area contributed by atoms with Crippen LogP contribution in [0.3, 0.4) is 0 Å². The third kappa shape index (κ3) is 3.56. The molecule has 0 bridgehead atoms. The largest absolute Gasteiger partial charge is 0.360 e. The maximum absolute atomic E-state index is 13.0. The Labute approximate surface area is 178 Å². The standard InChI is InChI=1S/C23H21N5O3/c29-23(18-12-24-20-10-9-16(28(30)31)11-17(18)20)26-21-7-4-8-22-19(21)13-25-27(22)14-15-5-2-1-3-6-15/h1-3,5-6,9-13,21,24H,4,7-8,14H2,(H,26,29). The molecule has 0 saturated heterocycles. The lowest BCUT2D eigenvalue weighted by molar-refractivity contribution is -0.384. The van der Waals surface area contributed by atoms with Crippen molar-refractivity contribution < 1.29 is 9.72 Å². The van der Waals surface area contributed by atoms with Crippen LogP contribution in [0.2, 0.25) is 0 Å². The molecule has 31 heavy (non-hydrogen) atoms. The number of nitro benzene ring substituents is 1. The number of H-pyrrole nitrogens is 1. The van der Waals surface area contributed by atoms with E-state index in [0.29, 0.717) is 23.0 Å². The molecule has 0 saturated carbocycles. The molecule has 1 atom stereocenters.